The zero-order chi connectivity index (χ0) is 6.24. The molecule has 0 heteroatoms. The molecule has 8 heavy (non-hydrogen) atoms. The van der Waals surface area contributed by atoms with Crippen molar-refractivity contribution in [2.75, 3.05) is 0 Å². The lowest BCUT2D eigenvalue weighted by Crippen LogP contribution is -1.61. The molecule has 0 N–H and O–H groups in total. The van der Waals surface area contributed by atoms with Crippen LogP contribution in [0.3, 0.4) is 0 Å². The molecule has 0 aromatic rings. The topological polar surface area (TPSA) is 0 Å². The first-order valence-electron chi connectivity index (χ1n) is 3.02. The van der Waals surface area contributed by atoms with Gasteiger partial charge in [-0.2, -0.15) is 0 Å². The summed E-state index contributed by atoms with van der Waals surface area (Å²) < 4.78 is 0. The Morgan fingerprint density at radius 1 is 1.38 bits per heavy atom. The molecule has 0 aliphatic rings. The summed E-state index contributed by atoms with van der Waals surface area (Å²) >= 11 is 0. The number of unbranched alkanes of at least 4 members (excludes halogenated alkanes) is 1. The molecule has 0 saturated carbocycles. The van der Waals surface area contributed by atoms with Crippen molar-refractivity contribution in [2.24, 2.45) is 0 Å². The fourth-order valence-electron chi connectivity index (χ4n) is 0.491. The maximum Gasteiger partial charge on any atom is -0.0310 e. The van der Waals surface area contributed by atoms with Gasteiger partial charge >= 0.3 is 0 Å². The van der Waals surface area contributed by atoms with Gasteiger partial charge in [0.25, 0.3) is 0 Å². The monoisotopic (exact) mass is 109 g/mol. The van der Waals surface area contributed by atoms with Crippen LogP contribution in [0.4, 0.5) is 0 Å². The minimum absolute atomic E-state index is 1.13. The van der Waals surface area contributed by atoms with Gasteiger partial charge in [-0.25, -0.2) is 0 Å². The summed E-state index contributed by atoms with van der Waals surface area (Å²) in [6.45, 7) is 3.97. The Hall–Kier alpha value is -0.520. The van der Waals surface area contributed by atoms with Crippen LogP contribution >= 0.6 is 0 Å². The van der Waals surface area contributed by atoms with Crippen molar-refractivity contribution >= 4 is 0 Å². The second-order valence-electron chi connectivity index (χ2n) is 1.64. The average molecular weight is 109 g/mol. The summed E-state index contributed by atoms with van der Waals surface area (Å²) in [4.78, 5) is 0. The van der Waals surface area contributed by atoms with E-state index in [1.54, 1.807) is 0 Å². The Balaban J connectivity index is 2.93. The van der Waals surface area contributed by atoms with Gasteiger partial charge in [-0.15, -0.1) is 0 Å². The second-order valence-corrected chi connectivity index (χ2v) is 1.64. The van der Waals surface area contributed by atoms with Crippen LogP contribution in [0.5, 0.6) is 0 Å². The van der Waals surface area contributed by atoms with Crippen LogP contribution < -0.4 is 0 Å². The SMILES string of the molecule is C[C]=CCCC=CC. The van der Waals surface area contributed by atoms with E-state index in [2.05, 4.69) is 24.3 Å². The number of hydrogen-bond donors (Lipinski definition) is 0. The maximum absolute atomic E-state index is 2.97. The van der Waals surface area contributed by atoms with Crippen molar-refractivity contribution in [3.63, 3.8) is 0 Å². The largest absolute Gasteiger partial charge is 0.0917 e. The van der Waals surface area contributed by atoms with Gasteiger partial charge in [-0.05, 0) is 26.7 Å². The fraction of sp³-hybridized carbons (Fsp3) is 0.500. The highest BCUT2D eigenvalue weighted by molar-refractivity contribution is 4.81. The lowest BCUT2D eigenvalue weighted by Gasteiger charge is -1.80. The van der Waals surface area contributed by atoms with Gasteiger partial charge in [-0.1, -0.05) is 24.3 Å². The smallest absolute Gasteiger partial charge is 0.0310 e. The van der Waals surface area contributed by atoms with Gasteiger partial charge in [-0.3, -0.25) is 0 Å². The summed E-state index contributed by atoms with van der Waals surface area (Å²) in [5.41, 5.74) is 0. The van der Waals surface area contributed by atoms with E-state index in [0.29, 0.717) is 0 Å². The highest BCUT2D eigenvalue weighted by Crippen LogP contribution is 1.90. The zero-order valence-electron chi connectivity index (χ0n) is 5.65. The third-order valence-electron chi connectivity index (χ3n) is 0.917. The molecule has 0 atom stereocenters. The molecule has 0 aromatic heterocycles. The minimum atomic E-state index is 1.13. The molecule has 45 valence electrons. The molecular formula is C8H13. The highest BCUT2D eigenvalue weighted by Gasteiger charge is 1.70. The van der Waals surface area contributed by atoms with E-state index in [0.717, 1.165) is 12.8 Å². The Labute approximate surface area is 51.9 Å². The lowest BCUT2D eigenvalue weighted by molar-refractivity contribution is 1.04. The molecule has 0 bridgehead atoms. The first-order chi connectivity index (χ1) is 3.91. The quantitative estimate of drug-likeness (QED) is 0.386. The molecule has 0 amide bonds. The van der Waals surface area contributed by atoms with Crippen molar-refractivity contribution in [2.45, 2.75) is 26.7 Å². The average Bonchev–Trinajstić information content (AvgIpc) is 1.81. The third-order valence-corrected chi connectivity index (χ3v) is 0.917. The maximum atomic E-state index is 2.97. The molecule has 0 aliphatic heterocycles. The molecular weight excluding hydrogens is 96.1 g/mol. The zero-order valence-corrected chi connectivity index (χ0v) is 5.65. The molecule has 1 radical (unpaired) electrons. The summed E-state index contributed by atoms with van der Waals surface area (Å²) in [6, 6.07) is 0. The van der Waals surface area contributed by atoms with Crippen LogP contribution in [0.25, 0.3) is 0 Å². The molecule has 0 rings (SSSR count). The number of allylic oxidation sites excluding steroid dienone is 4. The van der Waals surface area contributed by atoms with E-state index < -0.39 is 0 Å². The first-order valence-corrected chi connectivity index (χ1v) is 3.02. The summed E-state index contributed by atoms with van der Waals surface area (Å²) in [5, 5.41) is 0. The van der Waals surface area contributed by atoms with Crippen molar-refractivity contribution in [3.05, 3.63) is 24.3 Å². The molecule has 0 heterocycles. The number of rotatable bonds is 3. The van der Waals surface area contributed by atoms with E-state index in [1.807, 2.05) is 13.8 Å². The first kappa shape index (κ1) is 7.48. The van der Waals surface area contributed by atoms with Crippen molar-refractivity contribution in [3.8, 4) is 0 Å². The van der Waals surface area contributed by atoms with Crippen molar-refractivity contribution in [1.29, 1.82) is 0 Å². The predicted molar refractivity (Wildman–Crippen MR) is 37.5 cm³/mol. The molecule has 0 aromatic carbocycles. The summed E-state index contributed by atoms with van der Waals surface area (Å²) in [5.74, 6) is 0. The summed E-state index contributed by atoms with van der Waals surface area (Å²) in [6.07, 6.45) is 11.5. The fourth-order valence-corrected chi connectivity index (χ4v) is 0.491. The molecule has 0 nitrogen and oxygen atoms in total. The highest BCUT2D eigenvalue weighted by atomic mass is 13.8. The predicted octanol–water partition coefficient (Wildman–Crippen LogP) is 2.72. The van der Waals surface area contributed by atoms with Gasteiger partial charge in [0.05, 0.1) is 0 Å². The van der Waals surface area contributed by atoms with Gasteiger partial charge in [0.15, 0.2) is 0 Å². The number of hydrogen-bond acceptors (Lipinski definition) is 0. The standard InChI is InChI=1S/C8H13/c1-3-5-7-8-6-4-2/h3,5-6H,7-8H2,1-2H3. The van der Waals surface area contributed by atoms with Crippen molar-refractivity contribution < 1.29 is 0 Å². The van der Waals surface area contributed by atoms with E-state index in [4.69, 9.17) is 0 Å². The lowest BCUT2D eigenvalue weighted by atomic mass is 10.3. The third kappa shape index (κ3) is 5.48. The van der Waals surface area contributed by atoms with E-state index in [9.17, 15) is 0 Å². The van der Waals surface area contributed by atoms with Gasteiger partial charge < -0.3 is 0 Å². The van der Waals surface area contributed by atoms with Crippen LogP contribution in [0.2, 0.25) is 0 Å². The summed E-state index contributed by atoms with van der Waals surface area (Å²) in [7, 11) is 0. The Kier molecular flexibility index (Phi) is 6.06. The van der Waals surface area contributed by atoms with Crippen LogP contribution in [0.1, 0.15) is 26.7 Å². The molecule has 0 saturated heterocycles. The second kappa shape index (κ2) is 6.48. The normalized spacial score (nSPS) is 11.8. The Morgan fingerprint density at radius 2 is 2.12 bits per heavy atom. The van der Waals surface area contributed by atoms with Gasteiger partial charge in [0.1, 0.15) is 0 Å². The minimum Gasteiger partial charge on any atom is -0.0917 e. The van der Waals surface area contributed by atoms with Crippen molar-refractivity contribution in [1.82, 2.24) is 0 Å². The van der Waals surface area contributed by atoms with Crippen LogP contribution in [0, 0.1) is 6.08 Å². The van der Waals surface area contributed by atoms with E-state index in [-0.39, 0.29) is 0 Å². The van der Waals surface area contributed by atoms with E-state index >= 15 is 0 Å². The Morgan fingerprint density at radius 3 is 2.62 bits per heavy atom. The van der Waals surface area contributed by atoms with Crippen LogP contribution in [0.15, 0.2) is 18.2 Å². The van der Waals surface area contributed by atoms with Gasteiger partial charge in [0, 0.05) is 0 Å². The van der Waals surface area contributed by atoms with Crippen LogP contribution in [-0.2, 0) is 0 Å². The van der Waals surface area contributed by atoms with Crippen LogP contribution in [-0.4, -0.2) is 0 Å². The molecule has 0 fully saturated rings. The van der Waals surface area contributed by atoms with Gasteiger partial charge in [0.2, 0.25) is 0 Å². The Bertz CT molecular complexity index is 66.0. The molecule has 0 unspecified atom stereocenters. The molecule has 0 spiro atoms. The van der Waals surface area contributed by atoms with E-state index in [1.165, 1.54) is 0 Å². The molecule has 0 aliphatic carbocycles.